The molecule has 35 heavy (non-hydrogen) atoms. The van der Waals surface area contributed by atoms with Crippen molar-refractivity contribution in [2.45, 2.75) is 16.7 Å². The first-order valence-electron chi connectivity index (χ1n) is 10.1. The number of carbonyl (C=O) groups excluding carboxylic acids is 2. The molecule has 0 aromatic heterocycles. The first kappa shape index (κ1) is 26.0. The van der Waals surface area contributed by atoms with E-state index in [1.807, 2.05) is 0 Å². The minimum atomic E-state index is -1.37. The molecule has 2 unspecified atom stereocenters. The Kier molecular flexibility index (Phi) is 7.24. The summed E-state index contributed by atoms with van der Waals surface area (Å²) in [6.45, 7) is 0. The van der Waals surface area contributed by atoms with Gasteiger partial charge < -0.3 is 11.1 Å². The predicted octanol–water partition coefficient (Wildman–Crippen LogP) is 7.46. The van der Waals surface area contributed by atoms with Gasteiger partial charge in [0.2, 0.25) is 5.91 Å². The molecule has 1 aliphatic carbocycles. The monoisotopic (exact) mass is 576 g/mol. The molecule has 3 aromatic carbocycles. The number of nitrogens with one attached hydrogen (secondary N) is 1. The summed E-state index contributed by atoms with van der Waals surface area (Å²) in [6, 6.07) is 11.1. The number of nitrogen functional groups attached to an aromatic ring is 1. The molecular formula is C24H15Cl5F2N2O2. The molecule has 2 atom stereocenters. The summed E-state index contributed by atoms with van der Waals surface area (Å²) < 4.78 is 26.1. The number of Topliss-reactive ketones (excluding diaryl/α,β-unsaturated/α-hetero) is 1. The van der Waals surface area contributed by atoms with Crippen molar-refractivity contribution in [1.82, 2.24) is 0 Å². The van der Waals surface area contributed by atoms with Crippen molar-refractivity contribution in [3.05, 3.63) is 91.9 Å². The van der Waals surface area contributed by atoms with Gasteiger partial charge in [-0.25, -0.2) is 8.78 Å². The van der Waals surface area contributed by atoms with E-state index in [1.165, 1.54) is 18.2 Å². The van der Waals surface area contributed by atoms with E-state index in [-0.39, 0.29) is 28.3 Å². The normalized spacial score (nSPS) is 18.3. The second kappa shape index (κ2) is 9.75. The molecule has 0 bridgehead atoms. The smallest absolute Gasteiger partial charge is 0.231 e. The average Bonchev–Trinajstić information content (AvgIpc) is 3.37. The predicted molar refractivity (Wildman–Crippen MR) is 136 cm³/mol. The molecule has 1 amide bonds. The maximum Gasteiger partial charge on any atom is 0.231 e. The summed E-state index contributed by atoms with van der Waals surface area (Å²) >= 11 is 30.9. The molecule has 0 radical (unpaired) electrons. The SMILES string of the molecule is Nc1c(F)cc(CC(=O)c2cc(NC(=O)C3C(c4ccc(Cl)c(Cl)c4)C3(Cl)Cl)ccc2Cl)cc1F. The van der Waals surface area contributed by atoms with E-state index >= 15 is 0 Å². The number of ketones is 1. The Bertz CT molecular complexity index is 1340. The van der Waals surface area contributed by atoms with Crippen LogP contribution >= 0.6 is 58.0 Å². The number of hydrogen-bond donors (Lipinski definition) is 2. The zero-order valence-corrected chi connectivity index (χ0v) is 21.3. The van der Waals surface area contributed by atoms with E-state index in [1.54, 1.807) is 18.2 Å². The molecule has 3 N–H and O–H groups in total. The van der Waals surface area contributed by atoms with Crippen molar-refractivity contribution < 1.29 is 18.4 Å². The second-order valence-electron chi connectivity index (χ2n) is 8.06. The molecule has 0 heterocycles. The molecular weight excluding hydrogens is 564 g/mol. The topological polar surface area (TPSA) is 72.2 Å². The molecule has 4 rings (SSSR count). The van der Waals surface area contributed by atoms with Gasteiger partial charge in [0.1, 0.15) is 21.7 Å². The summed E-state index contributed by atoms with van der Waals surface area (Å²) in [4.78, 5) is 25.7. The third-order valence-electron chi connectivity index (χ3n) is 5.68. The zero-order chi connectivity index (χ0) is 25.7. The Hall–Kier alpha value is -2.09. The molecule has 0 aliphatic heterocycles. The third kappa shape index (κ3) is 5.23. The number of alkyl halides is 2. The van der Waals surface area contributed by atoms with Crippen molar-refractivity contribution >= 4 is 81.1 Å². The van der Waals surface area contributed by atoms with E-state index in [0.717, 1.165) is 12.1 Å². The van der Waals surface area contributed by atoms with Gasteiger partial charge in [0, 0.05) is 23.6 Å². The number of benzene rings is 3. The van der Waals surface area contributed by atoms with Gasteiger partial charge in [-0.15, -0.1) is 23.2 Å². The van der Waals surface area contributed by atoms with Crippen LogP contribution in [0.1, 0.15) is 27.4 Å². The fourth-order valence-electron chi connectivity index (χ4n) is 3.83. The van der Waals surface area contributed by atoms with Crippen LogP contribution in [0.2, 0.25) is 15.1 Å². The minimum absolute atomic E-state index is 0.0574. The minimum Gasteiger partial charge on any atom is -0.394 e. The van der Waals surface area contributed by atoms with Crippen molar-refractivity contribution in [2.24, 2.45) is 5.92 Å². The van der Waals surface area contributed by atoms with Crippen LogP contribution in [0.15, 0.2) is 48.5 Å². The summed E-state index contributed by atoms with van der Waals surface area (Å²) in [5.41, 5.74) is 5.70. The van der Waals surface area contributed by atoms with Gasteiger partial charge in [0.15, 0.2) is 5.78 Å². The van der Waals surface area contributed by atoms with E-state index in [0.29, 0.717) is 15.6 Å². The van der Waals surface area contributed by atoms with Crippen LogP contribution in [0.25, 0.3) is 0 Å². The molecule has 0 spiro atoms. The van der Waals surface area contributed by atoms with Gasteiger partial charge in [0.25, 0.3) is 0 Å². The largest absolute Gasteiger partial charge is 0.394 e. The fourth-order valence-corrected chi connectivity index (χ4v) is 5.19. The molecule has 3 aromatic rings. The van der Waals surface area contributed by atoms with Crippen LogP contribution in [0, 0.1) is 17.6 Å². The van der Waals surface area contributed by atoms with Crippen LogP contribution < -0.4 is 11.1 Å². The highest BCUT2D eigenvalue weighted by Crippen LogP contribution is 2.65. The molecule has 182 valence electrons. The summed E-state index contributed by atoms with van der Waals surface area (Å²) in [6.07, 6.45) is -0.334. The highest BCUT2D eigenvalue weighted by molar-refractivity contribution is 6.53. The van der Waals surface area contributed by atoms with Gasteiger partial charge in [-0.2, -0.15) is 0 Å². The van der Waals surface area contributed by atoms with Crippen molar-refractivity contribution in [3.63, 3.8) is 0 Å². The Labute approximate surface area is 224 Å². The zero-order valence-electron chi connectivity index (χ0n) is 17.5. The van der Waals surface area contributed by atoms with Gasteiger partial charge in [-0.3, -0.25) is 9.59 Å². The second-order valence-corrected chi connectivity index (χ2v) is 10.7. The summed E-state index contributed by atoms with van der Waals surface area (Å²) in [7, 11) is 0. The highest BCUT2D eigenvalue weighted by atomic mass is 35.5. The average molecular weight is 579 g/mol. The molecule has 1 saturated carbocycles. The first-order valence-corrected chi connectivity index (χ1v) is 12.0. The number of nitrogens with two attached hydrogens (primary N) is 1. The van der Waals surface area contributed by atoms with Gasteiger partial charge in [-0.1, -0.05) is 40.9 Å². The third-order valence-corrected chi connectivity index (χ3v) is 7.69. The van der Waals surface area contributed by atoms with Crippen LogP contribution in [-0.4, -0.2) is 16.0 Å². The summed E-state index contributed by atoms with van der Waals surface area (Å²) in [5.74, 6) is -4.24. The lowest BCUT2D eigenvalue weighted by molar-refractivity contribution is -0.117. The Balaban J connectivity index is 1.51. The number of hydrogen-bond acceptors (Lipinski definition) is 3. The lowest BCUT2D eigenvalue weighted by Gasteiger charge is -2.10. The first-order chi connectivity index (χ1) is 16.4. The molecule has 4 nitrogen and oxygen atoms in total. The molecule has 11 heteroatoms. The number of halogens is 7. The maximum absolute atomic E-state index is 13.7. The number of amides is 1. The van der Waals surface area contributed by atoms with Gasteiger partial charge >= 0.3 is 0 Å². The molecule has 0 saturated heterocycles. The number of carbonyl (C=O) groups is 2. The Morgan fingerprint density at radius 2 is 1.54 bits per heavy atom. The summed E-state index contributed by atoms with van der Waals surface area (Å²) in [5, 5.41) is 3.45. The number of anilines is 2. The van der Waals surface area contributed by atoms with Crippen LogP contribution in [0.5, 0.6) is 0 Å². The quantitative estimate of drug-likeness (QED) is 0.181. The van der Waals surface area contributed by atoms with E-state index < -0.39 is 45.2 Å². The van der Waals surface area contributed by atoms with Gasteiger partial charge in [-0.05, 0) is 53.6 Å². The van der Waals surface area contributed by atoms with Crippen LogP contribution in [-0.2, 0) is 11.2 Å². The van der Waals surface area contributed by atoms with E-state index in [9.17, 15) is 18.4 Å². The fraction of sp³-hybridized carbons (Fsp3) is 0.167. The van der Waals surface area contributed by atoms with Gasteiger partial charge in [0.05, 0.1) is 21.0 Å². The van der Waals surface area contributed by atoms with E-state index in [4.69, 9.17) is 63.7 Å². The standard InChI is InChI=1S/C24H15Cl5F2N2O2/c25-14-4-2-12(9-13(14)19(34)7-10-5-17(30)22(32)18(31)6-10)33-23(35)21-20(24(21,28)29)11-1-3-15(26)16(27)8-11/h1-6,8-9,20-21H,7,32H2,(H,33,35). The number of rotatable bonds is 6. The van der Waals surface area contributed by atoms with Crippen molar-refractivity contribution in [2.75, 3.05) is 11.1 Å². The maximum atomic E-state index is 13.7. The van der Waals surface area contributed by atoms with Crippen molar-refractivity contribution in [1.29, 1.82) is 0 Å². The molecule has 1 aliphatic rings. The van der Waals surface area contributed by atoms with Crippen molar-refractivity contribution in [3.8, 4) is 0 Å². The van der Waals surface area contributed by atoms with Crippen LogP contribution in [0.3, 0.4) is 0 Å². The van der Waals surface area contributed by atoms with Crippen LogP contribution in [0.4, 0.5) is 20.2 Å². The van der Waals surface area contributed by atoms with E-state index in [2.05, 4.69) is 5.32 Å². The highest BCUT2D eigenvalue weighted by Gasteiger charge is 2.67. The lowest BCUT2D eigenvalue weighted by Crippen LogP contribution is -2.17. The Morgan fingerprint density at radius 1 is 0.914 bits per heavy atom. The lowest BCUT2D eigenvalue weighted by atomic mass is 10.0. The Morgan fingerprint density at radius 3 is 2.17 bits per heavy atom. The molecule has 1 fully saturated rings.